The molecule has 0 aromatic carbocycles. The molecule has 1 saturated heterocycles. The zero-order valence-electron chi connectivity index (χ0n) is 9.32. The van der Waals surface area contributed by atoms with Crippen molar-refractivity contribution in [3.05, 3.63) is 24.2 Å². The summed E-state index contributed by atoms with van der Waals surface area (Å²) in [5, 5.41) is 0. The van der Waals surface area contributed by atoms with Crippen molar-refractivity contribution in [2.24, 2.45) is 0 Å². The second-order valence-corrected chi connectivity index (χ2v) is 3.97. The summed E-state index contributed by atoms with van der Waals surface area (Å²) >= 11 is 0. The fourth-order valence-electron chi connectivity index (χ4n) is 2.15. The van der Waals surface area contributed by atoms with Crippen molar-refractivity contribution >= 4 is 0 Å². The van der Waals surface area contributed by atoms with Crippen LogP contribution in [-0.4, -0.2) is 31.2 Å². The van der Waals surface area contributed by atoms with Gasteiger partial charge in [-0.1, -0.05) is 13.3 Å². The van der Waals surface area contributed by atoms with Crippen LogP contribution in [0.3, 0.4) is 0 Å². The van der Waals surface area contributed by atoms with Gasteiger partial charge in [0, 0.05) is 13.1 Å². The Morgan fingerprint density at radius 1 is 1.40 bits per heavy atom. The molecular weight excluding hydrogens is 190 g/mol. The van der Waals surface area contributed by atoms with Gasteiger partial charge in [-0.3, -0.25) is 4.90 Å². The van der Waals surface area contributed by atoms with Crippen LogP contribution < -0.4 is 0 Å². The van der Waals surface area contributed by atoms with E-state index in [1.54, 1.807) is 6.26 Å². The zero-order valence-corrected chi connectivity index (χ0v) is 9.32. The van der Waals surface area contributed by atoms with Crippen molar-refractivity contribution in [2.75, 3.05) is 26.3 Å². The molecule has 1 unspecified atom stereocenters. The highest BCUT2D eigenvalue weighted by molar-refractivity contribution is 5.05. The van der Waals surface area contributed by atoms with Gasteiger partial charge >= 0.3 is 0 Å². The lowest BCUT2D eigenvalue weighted by atomic mass is 10.1. The first-order valence-electron chi connectivity index (χ1n) is 5.77. The summed E-state index contributed by atoms with van der Waals surface area (Å²) in [7, 11) is 0. The number of nitrogens with zero attached hydrogens (tertiary/aromatic N) is 1. The van der Waals surface area contributed by atoms with Gasteiger partial charge in [0.05, 0.1) is 25.5 Å². The van der Waals surface area contributed by atoms with Crippen LogP contribution in [0.1, 0.15) is 31.6 Å². The van der Waals surface area contributed by atoms with Crippen LogP contribution in [0, 0.1) is 0 Å². The Morgan fingerprint density at radius 2 is 2.20 bits per heavy atom. The summed E-state index contributed by atoms with van der Waals surface area (Å²) in [6.07, 6.45) is 4.11. The number of hydrogen-bond donors (Lipinski definition) is 0. The number of furan rings is 1. The first-order chi connectivity index (χ1) is 7.42. The van der Waals surface area contributed by atoms with E-state index >= 15 is 0 Å². The van der Waals surface area contributed by atoms with Gasteiger partial charge in [0.2, 0.25) is 0 Å². The highest BCUT2D eigenvalue weighted by Crippen LogP contribution is 2.26. The van der Waals surface area contributed by atoms with Crippen LogP contribution in [0.2, 0.25) is 0 Å². The first-order valence-corrected chi connectivity index (χ1v) is 5.77. The Hall–Kier alpha value is -0.800. The van der Waals surface area contributed by atoms with Gasteiger partial charge in [-0.15, -0.1) is 0 Å². The lowest BCUT2D eigenvalue weighted by Crippen LogP contribution is -2.38. The van der Waals surface area contributed by atoms with Crippen molar-refractivity contribution in [1.82, 2.24) is 4.90 Å². The third-order valence-electron chi connectivity index (χ3n) is 2.92. The van der Waals surface area contributed by atoms with E-state index in [-0.39, 0.29) is 0 Å². The van der Waals surface area contributed by atoms with Crippen LogP contribution in [0.4, 0.5) is 0 Å². The van der Waals surface area contributed by atoms with E-state index in [2.05, 4.69) is 17.9 Å². The van der Waals surface area contributed by atoms with E-state index in [1.165, 1.54) is 6.42 Å². The fourth-order valence-corrected chi connectivity index (χ4v) is 2.15. The molecule has 0 spiro atoms. The second kappa shape index (κ2) is 5.33. The van der Waals surface area contributed by atoms with Crippen LogP contribution in [0.15, 0.2) is 22.8 Å². The Balaban J connectivity index is 2.04. The minimum atomic E-state index is 0.439. The third kappa shape index (κ3) is 2.61. The molecule has 1 aromatic heterocycles. The molecule has 0 radical (unpaired) electrons. The third-order valence-corrected chi connectivity index (χ3v) is 2.92. The van der Waals surface area contributed by atoms with Crippen LogP contribution in [0.25, 0.3) is 0 Å². The van der Waals surface area contributed by atoms with Crippen LogP contribution in [0.5, 0.6) is 0 Å². The number of hydrogen-bond acceptors (Lipinski definition) is 3. The number of morpholine rings is 1. The Labute approximate surface area is 91.0 Å². The van der Waals surface area contributed by atoms with Gasteiger partial charge in [-0.05, 0) is 18.6 Å². The topological polar surface area (TPSA) is 25.6 Å². The van der Waals surface area contributed by atoms with Gasteiger partial charge < -0.3 is 9.15 Å². The van der Waals surface area contributed by atoms with E-state index in [0.29, 0.717) is 6.04 Å². The van der Waals surface area contributed by atoms with Crippen LogP contribution >= 0.6 is 0 Å². The lowest BCUT2D eigenvalue weighted by molar-refractivity contribution is 0.00940. The van der Waals surface area contributed by atoms with E-state index in [0.717, 1.165) is 38.5 Å². The van der Waals surface area contributed by atoms with E-state index in [4.69, 9.17) is 9.15 Å². The molecule has 1 aromatic rings. The van der Waals surface area contributed by atoms with Crippen molar-refractivity contribution in [2.45, 2.75) is 25.8 Å². The summed E-state index contributed by atoms with van der Waals surface area (Å²) in [5.41, 5.74) is 0. The SMILES string of the molecule is CCCC(c1ccco1)N1CCOCC1. The quantitative estimate of drug-likeness (QED) is 0.761. The maximum absolute atomic E-state index is 5.52. The summed E-state index contributed by atoms with van der Waals surface area (Å²) in [6.45, 7) is 5.95. The maximum Gasteiger partial charge on any atom is 0.120 e. The monoisotopic (exact) mass is 209 g/mol. The molecule has 84 valence electrons. The Kier molecular flexibility index (Phi) is 3.80. The molecule has 2 rings (SSSR count). The van der Waals surface area contributed by atoms with Crippen LogP contribution in [-0.2, 0) is 4.74 Å². The minimum Gasteiger partial charge on any atom is -0.468 e. The second-order valence-electron chi connectivity index (χ2n) is 3.97. The van der Waals surface area contributed by atoms with Gasteiger partial charge in [-0.25, -0.2) is 0 Å². The molecule has 0 amide bonds. The molecule has 2 heterocycles. The Morgan fingerprint density at radius 3 is 2.80 bits per heavy atom. The predicted octanol–water partition coefficient (Wildman–Crippen LogP) is 2.45. The number of ether oxygens (including phenoxy) is 1. The molecule has 15 heavy (non-hydrogen) atoms. The molecular formula is C12H19NO2. The molecule has 0 N–H and O–H groups in total. The summed E-state index contributed by atoms with van der Waals surface area (Å²) in [6, 6.07) is 4.49. The highest BCUT2D eigenvalue weighted by Gasteiger charge is 2.23. The van der Waals surface area contributed by atoms with Gasteiger partial charge in [-0.2, -0.15) is 0 Å². The molecule has 1 aliphatic heterocycles. The standard InChI is InChI=1S/C12H19NO2/c1-2-4-11(12-5-3-8-15-12)13-6-9-14-10-7-13/h3,5,8,11H,2,4,6-7,9-10H2,1H3. The fraction of sp³-hybridized carbons (Fsp3) is 0.667. The maximum atomic E-state index is 5.52. The number of rotatable bonds is 4. The van der Waals surface area contributed by atoms with Gasteiger partial charge in [0.25, 0.3) is 0 Å². The molecule has 0 saturated carbocycles. The van der Waals surface area contributed by atoms with E-state index < -0.39 is 0 Å². The van der Waals surface area contributed by atoms with Crippen molar-refractivity contribution in [1.29, 1.82) is 0 Å². The highest BCUT2D eigenvalue weighted by atomic mass is 16.5. The summed E-state index contributed by atoms with van der Waals surface area (Å²) < 4.78 is 10.9. The van der Waals surface area contributed by atoms with E-state index in [1.807, 2.05) is 6.07 Å². The molecule has 3 nitrogen and oxygen atoms in total. The molecule has 1 fully saturated rings. The smallest absolute Gasteiger partial charge is 0.120 e. The normalized spacial score (nSPS) is 20.3. The van der Waals surface area contributed by atoms with Crippen molar-refractivity contribution in [3.8, 4) is 0 Å². The first kappa shape index (κ1) is 10.7. The van der Waals surface area contributed by atoms with Crippen molar-refractivity contribution < 1.29 is 9.15 Å². The molecule has 3 heteroatoms. The minimum absolute atomic E-state index is 0.439. The average molecular weight is 209 g/mol. The summed E-state index contributed by atoms with van der Waals surface area (Å²) in [4.78, 5) is 2.46. The Bertz CT molecular complexity index is 265. The van der Waals surface area contributed by atoms with Gasteiger partial charge in [0.1, 0.15) is 5.76 Å². The van der Waals surface area contributed by atoms with Gasteiger partial charge in [0.15, 0.2) is 0 Å². The zero-order chi connectivity index (χ0) is 10.5. The lowest BCUT2D eigenvalue weighted by Gasteiger charge is -2.33. The molecule has 0 aliphatic carbocycles. The average Bonchev–Trinajstić information content (AvgIpc) is 2.80. The van der Waals surface area contributed by atoms with Crippen molar-refractivity contribution in [3.63, 3.8) is 0 Å². The largest absolute Gasteiger partial charge is 0.468 e. The predicted molar refractivity (Wildman–Crippen MR) is 58.7 cm³/mol. The summed E-state index contributed by atoms with van der Waals surface area (Å²) in [5.74, 6) is 1.10. The molecule has 1 atom stereocenters. The van der Waals surface area contributed by atoms with E-state index in [9.17, 15) is 0 Å². The molecule has 1 aliphatic rings. The molecule has 0 bridgehead atoms.